The van der Waals surface area contributed by atoms with Crippen molar-refractivity contribution in [2.24, 2.45) is 11.0 Å². The van der Waals surface area contributed by atoms with Crippen LogP contribution in [0.3, 0.4) is 0 Å². The van der Waals surface area contributed by atoms with Crippen molar-refractivity contribution >= 4 is 38.4 Å². The first-order valence-electron chi connectivity index (χ1n) is 14.2. The van der Waals surface area contributed by atoms with E-state index >= 15 is 0 Å². The molecule has 4 aromatic rings. The summed E-state index contributed by atoms with van der Waals surface area (Å²) >= 11 is 1.46. The normalized spacial score (nSPS) is 14.9. The number of piperidine rings is 1. The molecule has 0 amide bonds. The third kappa shape index (κ3) is 7.22. The van der Waals surface area contributed by atoms with Gasteiger partial charge in [-0.05, 0) is 74.4 Å². The van der Waals surface area contributed by atoms with Gasteiger partial charge >= 0.3 is 0 Å². The molecule has 1 fully saturated rings. The second-order valence-electron chi connectivity index (χ2n) is 10.2. The van der Waals surface area contributed by atoms with Crippen LogP contribution in [0.5, 0.6) is 0 Å². The van der Waals surface area contributed by atoms with Gasteiger partial charge < -0.3 is 4.90 Å². The van der Waals surface area contributed by atoms with Gasteiger partial charge in [0, 0.05) is 42.8 Å². The summed E-state index contributed by atoms with van der Waals surface area (Å²) in [7, 11) is -3.52. The molecule has 1 N–H and O–H groups in total. The van der Waals surface area contributed by atoms with Crippen LogP contribution < -0.4 is 10.3 Å². The van der Waals surface area contributed by atoms with E-state index in [1.54, 1.807) is 22.7 Å². The van der Waals surface area contributed by atoms with Gasteiger partial charge in [0.05, 0.1) is 16.8 Å². The molecule has 1 aromatic heterocycles. The van der Waals surface area contributed by atoms with Crippen LogP contribution in [0, 0.1) is 5.92 Å². The highest BCUT2D eigenvalue weighted by molar-refractivity contribution is 7.89. The van der Waals surface area contributed by atoms with Crippen LogP contribution in [0.4, 0.5) is 10.8 Å². The topological polar surface area (TPSA) is 77.9 Å². The zero-order valence-electron chi connectivity index (χ0n) is 23.6. The lowest BCUT2D eigenvalue weighted by Gasteiger charge is -2.31. The van der Waals surface area contributed by atoms with E-state index in [1.165, 1.54) is 22.6 Å². The number of thiazole rings is 1. The van der Waals surface area contributed by atoms with Gasteiger partial charge in [-0.2, -0.15) is 9.41 Å². The highest BCUT2D eigenvalue weighted by Crippen LogP contribution is 2.29. The minimum Gasteiger partial charge on any atom is -0.372 e. The van der Waals surface area contributed by atoms with Gasteiger partial charge in [-0.15, -0.1) is 11.3 Å². The Kier molecular flexibility index (Phi) is 9.49. The molecular weight excluding hydrogens is 551 g/mol. The first kappa shape index (κ1) is 29.0. The quantitative estimate of drug-likeness (QED) is 0.155. The average Bonchev–Trinajstić information content (AvgIpc) is 3.48. The summed E-state index contributed by atoms with van der Waals surface area (Å²) in [6, 6.07) is 25.8. The highest BCUT2D eigenvalue weighted by Gasteiger charge is 2.29. The molecule has 9 heteroatoms. The van der Waals surface area contributed by atoms with Crippen LogP contribution in [0.25, 0.3) is 11.3 Å². The number of hydrazone groups is 1. The Hall–Kier alpha value is -3.53. The minimum atomic E-state index is -3.52. The molecular formula is C32H37N5O2S2. The molecule has 7 nitrogen and oxygen atoms in total. The fourth-order valence-electron chi connectivity index (χ4n) is 5.23. The molecule has 0 bridgehead atoms. The lowest BCUT2D eigenvalue weighted by Crippen LogP contribution is -2.38. The maximum Gasteiger partial charge on any atom is 0.243 e. The Labute approximate surface area is 247 Å². The smallest absolute Gasteiger partial charge is 0.243 e. The van der Waals surface area contributed by atoms with Gasteiger partial charge in [-0.3, -0.25) is 5.43 Å². The first-order valence-corrected chi connectivity index (χ1v) is 16.5. The summed E-state index contributed by atoms with van der Waals surface area (Å²) in [5.74, 6) is 0.515. The number of benzene rings is 3. The van der Waals surface area contributed by atoms with Crippen molar-refractivity contribution in [2.45, 2.75) is 38.0 Å². The molecule has 0 spiro atoms. The number of nitrogens with zero attached hydrogens (tertiary/aromatic N) is 4. The summed E-state index contributed by atoms with van der Waals surface area (Å²) < 4.78 is 28.2. The van der Waals surface area contributed by atoms with Crippen LogP contribution in [0.2, 0.25) is 0 Å². The van der Waals surface area contributed by atoms with Crippen molar-refractivity contribution in [3.63, 3.8) is 0 Å². The Morgan fingerprint density at radius 1 is 0.976 bits per heavy atom. The number of aromatic nitrogens is 1. The van der Waals surface area contributed by atoms with Gasteiger partial charge in [-0.25, -0.2) is 13.4 Å². The number of hydrogen-bond acceptors (Lipinski definition) is 7. The molecule has 0 aliphatic carbocycles. The van der Waals surface area contributed by atoms with E-state index in [-0.39, 0.29) is 0 Å². The Morgan fingerprint density at radius 2 is 1.66 bits per heavy atom. The number of anilines is 2. The summed E-state index contributed by atoms with van der Waals surface area (Å²) in [5, 5.41) is 6.95. The Balaban J connectivity index is 1.15. The molecule has 1 saturated heterocycles. The van der Waals surface area contributed by atoms with Crippen molar-refractivity contribution in [1.29, 1.82) is 0 Å². The van der Waals surface area contributed by atoms with Crippen LogP contribution in [0.15, 0.2) is 94.2 Å². The average molecular weight is 588 g/mol. The van der Waals surface area contributed by atoms with Crippen LogP contribution in [-0.4, -0.2) is 50.1 Å². The fourth-order valence-corrected chi connectivity index (χ4v) is 7.37. The fraction of sp³-hybridized carbons (Fsp3) is 0.312. The largest absolute Gasteiger partial charge is 0.372 e. The van der Waals surface area contributed by atoms with Crippen molar-refractivity contribution < 1.29 is 8.42 Å². The van der Waals surface area contributed by atoms with Gasteiger partial charge in [0.15, 0.2) is 0 Å². The van der Waals surface area contributed by atoms with Crippen LogP contribution in [-0.2, 0) is 16.4 Å². The van der Waals surface area contributed by atoms with Crippen molar-refractivity contribution in [3.05, 3.63) is 95.4 Å². The molecule has 214 valence electrons. The van der Waals surface area contributed by atoms with E-state index in [0.29, 0.717) is 29.0 Å². The van der Waals surface area contributed by atoms with Crippen molar-refractivity contribution in [2.75, 3.05) is 36.5 Å². The second-order valence-corrected chi connectivity index (χ2v) is 13.0. The summed E-state index contributed by atoms with van der Waals surface area (Å²) in [6.45, 7) is 7.37. The predicted molar refractivity (Wildman–Crippen MR) is 170 cm³/mol. The molecule has 1 aliphatic heterocycles. The summed E-state index contributed by atoms with van der Waals surface area (Å²) in [6.07, 6.45) is 4.54. The van der Waals surface area contributed by atoms with Crippen molar-refractivity contribution in [1.82, 2.24) is 9.29 Å². The van der Waals surface area contributed by atoms with Gasteiger partial charge in [0.1, 0.15) is 0 Å². The number of rotatable bonds is 11. The van der Waals surface area contributed by atoms with Gasteiger partial charge in [0.2, 0.25) is 15.2 Å². The lowest BCUT2D eigenvalue weighted by molar-refractivity contribution is 0.273. The van der Waals surface area contributed by atoms with E-state index in [2.05, 4.69) is 82.8 Å². The van der Waals surface area contributed by atoms with E-state index in [1.807, 2.05) is 23.6 Å². The van der Waals surface area contributed by atoms with Gasteiger partial charge in [0.25, 0.3) is 0 Å². The third-order valence-electron chi connectivity index (χ3n) is 7.63. The Morgan fingerprint density at radius 3 is 2.32 bits per heavy atom. The van der Waals surface area contributed by atoms with E-state index < -0.39 is 10.0 Å². The second kappa shape index (κ2) is 13.4. The molecule has 0 unspecified atom stereocenters. The van der Waals surface area contributed by atoms with Crippen molar-refractivity contribution in [3.8, 4) is 11.3 Å². The van der Waals surface area contributed by atoms with Gasteiger partial charge in [-0.1, -0.05) is 54.6 Å². The molecule has 1 aliphatic rings. The zero-order valence-corrected chi connectivity index (χ0v) is 25.2. The van der Waals surface area contributed by atoms with E-state index in [4.69, 9.17) is 0 Å². The standard InChI is InChI=1S/C32H37N5O2S2/c1-3-36(4-2)29-14-10-27(11-15-29)23-33-35-32-34-31(24-40-32)28-12-16-30(17-13-28)41(38,39)37-20-18-26(19-21-37)22-25-8-6-5-7-9-25/h5-17,23-24,26H,3-4,18-22H2,1-2H3,(H,34,35). The molecule has 41 heavy (non-hydrogen) atoms. The maximum absolute atomic E-state index is 13.3. The zero-order chi connectivity index (χ0) is 28.7. The Bertz CT molecular complexity index is 1520. The van der Waals surface area contributed by atoms with E-state index in [0.717, 1.165) is 49.2 Å². The molecule has 0 saturated carbocycles. The molecule has 0 atom stereocenters. The monoisotopic (exact) mass is 587 g/mol. The minimum absolute atomic E-state index is 0.327. The number of hydrogen-bond donors (Lipinski definition) is 1. The number of nitrogens with one attached hydrogen (secondary N) is 1. The molecule has 3 aromatic carbocycles. The third-order valence-corrected chi connectivity index (χ3v) is 10.3. The number of sulfonamides is 1. The highest BCUT2D eigenvalue weighted by atomic mass is 32.2. The van der Waals surface area contributed by atoms with Crippen LogP contribution in [0.1, 0.15) is 37.8 Å². The van der Waals surface area contributed by atoms with Crippen LogP contribution >= 0.6 is 11.3 Å². The van der Waals surface area contributed by atoms with E-state index in [9.17, 15) is 8.42 Å². The first-order chi connectivity index (χ1) is 20.0. The predicted octanol–water partition coefficient (Wildman–Crippen LogP) is 6.75. The molecule has 0 radical (unpaired) electrons. The summed E-state index contributed by atoms with van der Waals surface area (Å²) in [5.41, 5.74) is 8.17. The maximum atomic E-state index is 13.3. The summed E-state index contributed by atoms with van der Waals surface area (Å²) in [4.78, 5) is 7.25. The molecule has 5 rings (SSSR count). The molecule has 2 heterocycles. The lowest BCUT2D eigenvalue weighted by atomic mass is 9.91. The SMILES string of the molecule is CCN(CC)c1ccc(C=NNc2nc(-c3ccc(S(=O)(=O)N4CCC(Cc5ccccc5)CC4)cc3)cs2)cc1.